The zero-order valence-electron chi connectivity index (χ0n) is 17.1. The van der Waals surface area contributed by atoms with Crippen molar-refractivity contribution in [2.45, 2.75) is 46.1 Å². The van der Waals surface area contributed by atoms with Crippen molar-refractivity contribution in [1.29, 1.82) is 0 Å². The van der Waals surface area contributed by atoms with Crippen LogP contribution in [0, 0.1) is 5.92 Å². The first kappa shape index (κ1) is 20.4. The van der Waals surface area contributed by atoms with Crippen LogP contribution >= 0.6 is 11.3 Å². The molecule has 0 radical (unpaired) electrons. The van der Waals surface area contributed by atoms with Crippen molar-refractivity contribution in [3.05, 3.63) is 40.8 Å². The van der Waals surface area contributed by atoms with Crippen molar-refractivity contribution < 1.29 is 19.1 Å². The molecule has 0 aliphatic carbocycles. The lowest BCUT2D eigenvalue weighted by atomic mass is 9.97. The van der Waals surface area contributed by atoms with Gasteiger partial charge in [-0.2, -0.15) is 0 Å². The van der Waals surface area contributed by atoms with E-state index in [1.54, 1.807) is 16.2 Å². The summed E-state index contributed by atoms with van der Waals surface area (Å²) in [5.41, 5.74) is 2.22. The highest BCUT2D eigenvalue weighted by molar-refractivity contribution is 7.17. The van der Waals surface area contributed by atoms with Crippen LogP contribution in [0.1, 0.15) is 45.2 Å². The van der Waals surface area contributed by atoms with Gasteiger partial charge in [0.05, 0.1) is 19.2 Å². The van der Waals surface area contributed by atoms with Crippen molar-refractivity contribution in [2.24, 2.45) is 5.92 Å². The van der Waals surface area contributed by atoms with Crippen molar-refractivity contribution in [2.75, 3.05) is 13.7 Å². The monoisotopic (exact) mass is 401 g/mol. The standard InChI is InChI=1S/C22H27NO4S/c1-14-6-8-18(23(12-14)21(25)27-22(2,3)4)15-7-9-19-17(10-15)16(13-28-19)11-20(24)26-5/h7-10,13-14H,6,11-12H2,1-5H3. The number of nitrogens with zero attached hydrogens (tertiary/aromatic N) is 1. The van der Waals surface area contributed by atoms with E-state index >= 15 is 0 Å². The van der Waals surface area contributed by atoms with Gasteiger partial charge in [0.1, 0.15) is 5.60 Å². The van der Waals surface area contributed by atoms with Crippen LogP contribution in [-0.4, -0.2) is 36.2 Å². The molecule has 0 bridgehead atoms. The molecule has 2 heterocycles. The quantitative estimate of drug-likeness (QED) is 0.661. The third-order valence-corrected chi connectivity index (χ3v) is 5.64. The number of hydrogen-bond donors (Lipinski definition) is 0. The fraction of sp³-hybridized carbons (Fsp3) is 0.455. The summed E-state index contributed by atoms with van der Waals surface area (Å²) >= 11 is 1.60. The molecular formula is C22H27NO4S. The number of allylic oxidation sites excluding steroid dienone is 1. The number of rotatable bonds is 3. The van der Waals surface area contributed by atoms with Gasteiger partial charge in [0.25, 0.3) is 0 Å². The summed E-state index contributed by atoms with van der Waals surface area (Å²) in [5.74, 6) is 0.113. The smallest absolute Gasteiger partial charge is 0.414 e. The molecule has 1 atom stereocenters. The SMILES string of the molecule is COC(=O)Cc1csc2ccc(C3=CCC(C)CN3C(=O)OC(C)(C)C)cc12. The van der Waals surface area contributed by atoms with Gasteiger partial charge in [-0.1, -0.05) is 19.1 Å². The fourth-order valence-corrected chi connectivity index (χ4v) is 4.22. The third-order valence-electron chi connectivity index (χ3n) is 4.62. The Hall–Kier alpha value is -2.34. The van der Waals surface area contributed by atoms with Crippen molar-refractivity contribution in [3.63, 3.8) is 0 Å². The zero-order valence-corrected chi connectivity index (χ0v) is 17.9. The Kier molecular flexibility index (Phi) is 5.79. The third kappa shape index (κ3) is 4.55. The predicted molar refractivity (Wildman–Crippen MR) is 112 cm³/mol. The largest absolute Gasteiger partial charge is 0.469 e. The Balaban J connectivity index is 1.97. The molecule has 1 aliphatic heterocycles. The van der Waals surface area contributed by atoms with Crippen LogP contribution < -0.4 is 0 Å². The Morgan fingerprint density at radius 1 is 1.29 bits per heavy atom. The maximum Gasteiger partial charge on any atom is 0.414 e. The molecule has 1 aliphatic rings. The lowest BCUT2D eigenvalue weighted by molar-refractivity contribution is -0.139. The van der Waals surface area contributed by atoms with Crippen LogP contribution in [0.3, 0.4) is 0 Å². The van der Waals surface area contributed by atoms with Gasteiger partial charge < -0.3 is 9.47 Å². The first-order chi connectivity index (χ1) is 13.2. The number of amides is 1. The molecule has 6 heteroatoms. The molecule has 1 aromatic carbocycles. The number of hydrogen-bond acceptors (Lipinski definition) is 5. The van der Waals surface area contributed by atoms with E-state index in [1.807, 2.05) is 38.3 Å². The summed E-state index contributed by atoms with van der Waals surface area (Å²) in [5, 5.41) is 3.02. The van der Waals surface area contributed by atoms with Gasteiger partial charge in [0.15, 0.2) is 0 Å². The Bertz CT molecular complexity index is 922. The van der Waals surface area contributed by atoms with E-state index in [0.29, 0.717) is 12.5 Å². The Morgan fingerprint density at radius 3 is 2.71 bits per heavy atom. The Labute approximate surface area is 169 Å². The summed E-state index contributed by atoms with van der Waals surface area (Å²) in [6.07, 6.45) is 2.92. The molecule has 1 aromatic heterocycles. The number of ether oxygens (including phenoxy) is 2. The van der Waals surface area contributed by atoms with Crippen molar-refractivity contribution in [1.82, 2.24) is 4.90 Å². The van der Waals surface area contributed by atoms with Gasteiger partial charge in [0, 0.05) is 11.2 Å². The summed E-state index contributed by atoms with van der Waals surface area (Å²) in [4.78, 5) is 26.3. The maximum absolute atomic E-state index is 12.8. The molecule has 0 spiro atoms. The van der Waals surface area contributed by atoms with Gasteiger partial charge in [-0.3, -0.25) is 9.69 Å². The highest BCUT2D eigenvalue weighted by atomic mass is 32.1. The average molecular weight is 402 g/mol. The number of thiophene rings is 1. The number of esters is 1. The van der Waals surface area contributed by atoms with E-state index in [1.165, 1.54) is 7.11 Å². The number of fused-ring (bicyclic) bond motifs is 1. The topological polar surface area (TPSA) is 55.8 Å². The molecule has 0 saturated carbocycles. The van der Waals surface area contributed by atoms with Gasteiger partial charge in [-0.15, -0.1) is 11.3 Å². The van der Waals surface area contributed by atoms with Crippen molar-refractivity contribution in [3.8, 4) is 0 Å². The highest BCUT2D eigenvalue weighted by Crippen LogP contribution is 2.34. The molecule has 0 fully saturated rings. The highest BCUT2D eigenvalue weighted by Gasteiger charge is 2.29. The first-order valence-electron chi connectivity index (χ1n) is 9.46. The van der Waals surface area contributed by atoms with Crippen LogP contribution in [0.15, 0.2) is 29.7 Å². The summed E-state index contributed by atoms with van der Waals surface area (Å²) in [6, 6.07) is 6.13. The van der Waals surface area contributed by atoms with E-state index in [0.717, 1.165) is 33.3 Å². The minimum atomic E-state index is -0.548. The van der Waals surface area contributed by atoms with Gasteiger partial charge >= 0.3 is 12.1 Å². The molecule has 28 heavy (non-hydrogen) atoms. The van der Waals surface area contributed by atoms with Crippen molar-refractivity contribution >= 4 is 39.2 Å². The number of benzene rings is 1. The van der Waals surface area contributed by atoms with Crippen LogP contribution in [0.5, 0.6) is 0 Å². The minimum absolute atomic E-state index is 0.242. The molecule has 150 valence electrons. The van der Waals surface area contributed by atoms with Gasteiger partial charge in [-0.25, -0.2) is 4.79 Å². The van der Waals surface area contributed by atoms with E-state index < -0.39 is 5.60 Å². The van der Waals surface area contributed by atoms with Gasteiger partial charge in [-0.05, 0) is 67.1 Å². The van der Waals surface area contributed by atoms with E-state index in [4.69, 9.17) is 9.47 Å². The molecule has 0 N–H and O–H groups in total. The minimum Gasteiger partial charge on any atom is -0.469 e. The maximum atomic E-state index is 12.8. The molecule has 0 saturated heterocycles. The second kappa shape index (κ2) is 7.95. The second-order valence-corrected chi connectivity index (χ2v) is 9.16. The van der Waals surface area contributed by atoms with Crippen LogP contribution in [-0.2, 0) is 20.7 Å². The van der Waals surface area contributed by atoms with E-state index in [2.05, 4.69) is 19.1 Å². The lowest BCUT2D eigenvalue weighted by Crippen LogP contribution is -2.39. The molecule has 2 aromatic rings. The van der Waals surface area contributed by atoms with Crippen LogP contribution in [0.4, 0.5) is 4.79 Å². The second-order valence-electron chi connectivity index (χ2n) is 8.25. The predicted octanol–water partition coefficient (Wildman–Crippen LogP) is 5.23. The normalized spacial score (nSPS) is 17.4. The summed E-state index contributed by atoms with van der Waals surface area (Å²) in [7, 11) is 1.40. The average Bonchev–Trinajstić information content (AvgIpc) is 3.02. The molecular weight excluding hydrogens is 374 g/mol. The number of carbonyl (C=O) groups is 2. The Morgan fingerprint density at radius 2 is 2.04 bits per heavy atom. The zero-order chi connectivity index (χ0) is 20.5. The summed E-state index contributed by atoms with van der Waals surface area (Å²) in [6.45, 7) is 8.37. The molecule has 1 unspecified atom stereocenters. The van der Waals surface area contributed by atoms with Crippen LogP contribution in [0.25, 0.3) is 15.8 Å². The first-order valence-corrected chi connectivity index (χ1v) is 10.3. The van der Waals surface area contributed by atoms with Crippen LogP contribution in [0.2, 0.25) is 0 Å². The number of methoxy groups -OCH3 is 1. The number of carbonyl (C=O) groups excluding carboxylic acids is 2. The molecule has 1 amide bonds. The molecule has 3 rings (SSSR count). The van der Waals surface area contributed by atoms with E-state index in [-0.39, 0.29) is 18.5 Å². The van der Waals surface area contributed by atoms with E-state index in [9.17, 15) is 9.59 Å². The fourth-order valence-electron chi connectivity index (χ4n) is 3.28. The lowest BCUT2D eigenvalue weighted by Gasteiger charge is -2.34. The summed E-state index contributed by atoms with van der Waals surface area (Å²) < 4.78 is 11.5. The van der Waals surface area contributed by atoms with Gasteiger partial charge in [0.2, 0.25) is 0 Å². The molecule has 5 nitrogen and oxygen atoms in total.